The average molecular weight is 345 g/mol. The van der Waals surface area contributed by atoms with Crippen LogP contribution in [0.3, 0.4) is 0 Å². The molecule has 0 saturated heterocycles. The molecule has 0 unspecified atom stereocenters. The summed E-state index contributed by atoms with van der Waals surface area (Å²) >= 11 is 3.12. The molecular weight excluding hydrogens is 330 g/mol. The molecule has 2 saturated carbocycles. The Morgan fingerprint density at radius 2 is 2.13 bits per heavy atom. The molecule has 0 aliphatic heterocycles. The summed E-state index contributed by atoms with van der Waals surface area (Å²) in [5.74, 6) is 2.43. The molecule has 23 heavy (non-hydrogen) atoms. The van der Waals surface area contributed by atoms with Crippen LogP contribution in [0, 0.1) is 0 Å². The summed E-state index contributed by atoms with van der Waals surface area (Å²) in [5, 5.41) is 11.7. The van der Waals surface area contributed by atoms with E-state index in [9.17, 15) is 4.79 Å². The fourth-order valence-corrected chi connectivity index (χ4v) is 4.43. The molecule has 6 nitrogen and oxygen atoms in total. The van der Waals surface area contributed by atoms with E-state index in [1.54, 1.807) is 28.4 Å². The van der Waals surface area contributed by atoms with Gasteiger partial charge in [0, 0.05) is 35.4 Å². The van der Waals surface area contributed by atoms with E-state index in [-0.39, 0.29) is 5.56 Å². The fraction of sp³-hybridized carbons (Fsp3) is 0.467. The normalized spacial score (nSPS) is 17.9. The molecule has 2 fully saturated rings. The summed E-state index contributed by atoms with van der Waals surface area (Å²) in [5.41, 5.74) is 0.787. The van der Waals surface area contributed by atoms with Gasteiger partial charge in [0.05, 0.1) is 5.69 Å². The SMILES string of the molecule is O=c1cc(CSc2nnc(C3CC3)n2C2CC2)nc2sccn12. The zero-order chi connectivity index (χ0) is 15.4. The Kier molecular flexibility index (Phi) is 3.09. The second kappa shape index (κ2) is 5.17. The third-order valence-electron chi connectivity index (χ3n) is 4.25. The van der Waals surface area contributed by atoms with Crippen LogP contribution in [0.2, 0.25) is 0 Å². The molecule has 0 bridgehead atoms. The second-order valence-electron chi connectivity index (χ2n) is 6.15. The minimum absolute atomic E-state index is 0.0193. The van der Waals surface area contributed by atoms with Crippen LogP contribution < -0.4 is 5.56 Å². The molecule has 118 valence electrons. The van der Waals surface area contributed by atoms with Crippen molar-refractivity contribution in [3.8, 4) is 0 Å². The second-order valence-corrected chi connectivity index (χ2v) is 7.96. The zero-order valence-corrected chi connectivity index (χ0v) is 14.0. The van der Waals surface area contributed by atoms with Crippen LogP contribution in [0.4, 0.5) is 0 Å². The first-order valence-corrected chi connectivity index (χ1v) is 9.69. The lowest BCUT2D eigenvalue weighted by Gasteiger charge is -2.07. The number of hydrogen-bond donors (Lipinski definition) is 0. The predicted octanol–water partition coefficient (Wildman–Crippen LogP) is 2.85. The number of hydrogen-bond acceptors (Lipinski definition) is 6. The first-order valence-electron chi connectivity index (χ1n) is 7.83. The summed E-state index contributed by atoms with van der Waals surface area (Å²) in [7, 11) is 0. The average Bonchev–Trinajstić information content (AvgIpc) is 3.47. The van der Waals surface area contributed by atoms with Gasteiger partial charge in [-0.2, -0.15) is 0 Å². The van der Waals surface area contributed by atoms with Crippen molar-refractivity contribution in [3.63, 3.8) is 0 Å². The number of fused-ring (bicyclic) bond motifs is 1. The first kappa shape index (κ1) is 13.7. The van der Waals surface area contributed by atoms with Gasteiger partial charge in [-0.3, -0.25) is 9.20 Å². The predicted molar refractivity (Wildman–Crippen MR) is 89.2 cm³/mol. The Bertz CT molecular complexity index is 935. The van der Waals surface area contributed by atoms with Crippen LogP contribution in [-0.2, 0) is 5.75 Å². The van der Waals surface area contributed by atoms with Gasteiger partial charge in [-0.15, -0.1) is 21.5 Å². The van der Waals surface area contributed by atoms with E-state index >= 15 is 0 Å². The minimum atomic E-state index is -0.0193. The van der Waals surface area contributed by atoms with Crippen molar-refractivity contribution in [2.24, 2.45) is 0 Å². The van der Waals surface area contributed by atoms with Crippen LogP contribution in [0.5, 0.6) is 0 Å². The highest BCUT2D eigenvalue weighted by Gasteiger charge is 2.36. The van der Waals surface area contributed by atoms with Gasteiger partial charge in [0.1, 0.15) is 5.82 Å². The van der Waals surface area contributed by atoms with Gasteiger partial charge in [0.2, 0.25) is 0 Å². The maximum absolute atomic E-state index is 12.0. The lowest BCUT2D eigenvalue weighted by Crippen LogP contribution is -2.12. The highest BCUT2D eigenvalue weighted by Crippen LogP contribution is 2.46. The summed E-state index contributed by atoms with van der Waals surface area (Å²) in [4.78, 5) is 17.4. The molecule has 0 aromatic carbocycles. The van der Waals surface area contributed by atoms with Gasteiger partial charge in [-0.25, -0.2) is 4.98 Å². The molecule has 0 atom stereocenters. The third-order valence-corrected chi connectivity index (χ3v) is 5.98. The van der Waals surface area contributed by atoms with Crippen LogP contribution >= 0.6 is 23.1 Å². The van der Waals surface area contributed by atoms with Crippen molar-refractivity contribution in [2.45, 2.75) is 48.6 Å². The Hall–Kier alpha value is -1.67. The number of rotatable bonds is 5. The minimum Gasteiger partial charge on any atom is -0.303 e. The van der Waals surface area contributed by atoms with Gasteiger partial charge in [0.15, 0.2) is 10.1 Å². The topological polar surface area (TPSA) is 65.1 Å². The van der Waals surface area contributed by atoms with Crippen LogP contribution in [0.15, 0.2) is 27.6 Å². The molecule has 0 amide bonds. The quantitative estimate of drug-likeness (QED) is 0.665. The Labute approximate surface area is 140 Å². The van der Waals surface area contributed by atoms with Gasteiger partial charge >= 0.3 is 0 Å². The molecule has 2 aliphatic carbocycles. The highest BCUT2D eigenvalue weighted by molar-refractivity contribution is 7.98. The zero-order valence-electron chi connectivity index (χ0n) is 12.4. The molecule has 3 heterocycles. The largest absolute Gasteiger partial charge is 0.303 e. The molecular formula is C15H15N5OS2. The van der Waals surface area contributed by atoms with Crippen LogP contribution in [0.1, 0.15) is 49.2 Å². The van der Waals surface area contributed by atoms with Gasteiger partial charge in [-0.1, -0.05) is 11.8 Å². The smallest absolute Gasteiger partial charge is 0.258 e. The van der Waals surface area contributed by atoms with Gasteiger partial charge in [0.25, 0.3) is 5.56 Å². The maximum Gasteiger partial charge on any atom is 0.258 e. The number of thioether (sulfide) groups is 1. The van der Waals surface area contributed by atoms with E-state index in [0.717, 1.165) is 21.6 Å². The monoisotopic (exact) mass is 345 g/mol. The Morgan fingerprint density at radius 3 is 2.91 bits per heavy atom. The molecule has 3 aromatic heterocycles. The van der Waals surface area contributed by atoms with Crippen molar-refractivity contribution < 1.29 is 0 Å². The molecule has 2 aliphatic rings. The van der Waals surface area contributed by atoms with Crippen molar-refractivity contribution in [1.29, 1.82) is 0 Å². The summed E-state index contributed by atoms with van der Waals surface area (Å²) in [6, 6.07) is 2.20. The number of aromatic nitrogens is 5. The Morgan fingerprint density at radius 1 is 1.26 bits per heavy atom. The van der Waals surface area contributed by atoms with Crippen molar-refractivity contribution in [3.05, 3.63) is 39.5 Å². The van der Waals surface area contributed by atoms with Gasteiger partial charge < -0.3 is 4.57 Å². The highest BCUT2D eigenvalue weighted by atomic mass is 32.2. The molecule has 8 heteroatoms. The number of thiazole rings is 1. The number of nitrogens with zero attached hydrogens (tertiary/aromatic N) is 5. The first-order chi connectivity index (χ1) is 11.3. The van der Waals surface area contributed by atoms with E-state index in [1.165, 1.54) is 37.0 Å². The summed E-state index contributed by atoms with van der Waals surface area (Å²) in [6.45, 7) is 0. The molecule has 0 spiro atoms. The summed E-state index contributed by atoms with van der Waals surface area (Å²) < 4.78 is 3.91. The maximum atomic E-state index is 12.0. The van der Waals surface area contributed by atoms with E-state index in [0.29, 0.717) is 17.7 Å². The van der Waals surface area contributed by atoms with E-state index in [4.69, 9.17) is 0 Å². The van der Waals surface area contributed by atoms with Crippen molar-refractivity contribution >= 4 is 28.1 Å². The van der Waals surface area contributed by atoms with E-state index in [2.05, 4.69) is 19.7 Å². The molecule has 0 N–H and O–H groups in total. The van der Waals surface area contributed by atoms with Crippen LogP contribution in [0.25, 0.3) is 4.96 Å². The molecule has 3 aromatic rings. The van der Waals surface area contributed by atoms with Crippen molar-refractivity contribution in [1.82, 2.24) is 24.1 Å². The third kappa shape index (κ3) is 2.49. The lowest BCUT2D eigenvalue weighted by molar-refractivity contribution is 0.627. The molecule has 0 radical (unpaired) electrons. The van der Waals surface area contributed by atoms with E-state index in [1.807, 2.05) is 5.38 Å². The van der Waals surface area contributed by atoms with E-state index < -0.39 is 0 Å². The summed E-state index contributed by atoms with van der Waals surface area (Å²) in [6.07, 6.45) is 6.70. The van der Waals surface area contributed by atoms with Crippen molar-refractivity contribution in [2.75, 3.05) is 0 Å². The fourth-order valence-electron chi connectivity index (χ4n) is 2.78. The van der Waals surface area contributed by atoms with Crippen LogP contribution in [-0.4, -0.2) is 24.1 Å². The van der Waals surface area contributed by atoms with Gasteiger partial charge in [-0.05, 0) is 25.7 Å². The lowest BCUT2D eigenvalue weighted by atomic mass is 10.4. The Balaban J connectivity index is 1.42. The standard InChI is InChI=1S/C15H15N5OS2/c21-12-7-10(16-14-19(12)5-6-22-14)8-23-15-18-17-13(9-1-2-9)20(15)11-3-4-11/h5-7,9,11H,1-4,8H2. The molecule has 5 rings (SSSR count).